The van der Waals surface area contributed by atoms with Gasteiger partial charge in [-0.1, -0.05) is 42.5 Å². The number of hydrogen-bond acceptors (Lipinski definition) is 5. The summed E-state index contributed by atoms with van der Waals surface area (Å²) >= 11 is 0. The molecule has 0 aliphatic carbocycles. The number of piperidine rings is 1. The maximum atomic E-state index is 12.8. The number of aromatic nitrogens is 2. The lowest BCUT2D eigenvalue weighted by atomic mass is 10.0. The minimum Gasteiger partial charge on any atom is -0.497 e. The second-order valence-corrected chi connectivity index (χ2v) is 7.69. The van der Waals surface area contributed by atoms with Crippen molar-refractivity contribution >= 4 is 6.09 Å². The van der Waals surface area contributed by atoms with Crippen LogP contribution in [0, 0.1) is 0 Å². The molecule has 1 aromatic heterocycles. The fourth-order valence-electron chi connectivity index (χ4n) is 3.83. The molecule has 1 aliphatic heterocycles. The van der Waals surface area contributed by atoms with Crippen molar-refractivity contribution in [2.45, 2.75) is 25.4 Å². The number of nitrogens with one attached hydrogen (secondary N) is 1. The Morgan fingerprint density at radius 3 is 2.44 bits per heavy atom. The number of methoxy groups -OCH3 is 1. The van der Waals surface area contributed by atoms with Crippen molar-refractivity contribution in [3.8, 4) is 22.8 Å². The zero-order valence-electron chi connectivity index (χ0n) is 17.8. The fourth-order valence-corrected chi connectivity index (χ4v) is 3.83. The second-order valence-electron chi connectivity index (χ2n) is 7.69. The molecule has 1 saturated heterocycles. The van der Waals surface area contributed by atoms with E-state index >= 15 is 0 Å². The zero-order chi connectivity index (χ0) is 22.5. The lowest BCUT2D eigenvalue weighted by molar-refractivity contribution is 0.0889. The molecule has 4 rings (SSSR count). The van der Waals surface area contributed by atoms with E-state index in [9.17, 15) is 14.7 Å². The van der Waals surface area contributed by atoms with Gasteiger partial charge < -0.3 is 19.5 Å². The van der Waals surface area contributed by atoms with Crippen LogP contribution in [0.3, 0.4) is 0 Å². The van der Waals surface area contributed by atoms with Gasteiger partial charge in [0.1, 0.15) is 17.5 Å². The number of benzene rings is 2. The third-order valence-corrected chi connectivity index (χ3v) is 5.62. The van der Waals surface area contributed by atoms with E-state index in [2.05, 4.69) is 10.2 Å². The molecule has 2 aromatic carbocycles. The average Bonchev–Trinajstić information content (AvgIpc) is 2.83. The number of hydrogen-bond donors (Lipinski definition) is 2. The molecule has 0 radical (unpaired) electrons. The van der Waals surface area contributed by atoms with E-state index in [-0.39, 0.29) is 11.7 Å². The highest BCUT2D eigenvalue weighted by Gasteiger charge is 2.26. The van der Waals surface area contributed by atoms with Crippen LogP contribution in [0.25, 0.3) is 11.3 Å². The van der Waals surface area contributed by atoms with Crippen molar-refractivity contribution < 1.29 is 19.4 Å². The van der Waals surface area contributed by atoms with Crippen molar-refractivity contribution in [2.75, 3.05) is 20.2 Å². The zero-order valence-corrected chi connectivity index (χ0v) is 17.8. The van der Waals surface area contributed by atoms with Gasteiger partial charge in [0.2, 0.25) is 0 Å². The number of ether oxygens (including phenoxy) is 2. The molecule has 3 aromatic rings. The molecule has 1 fully saturated rings. The Labute approximate surface area is 185 Å². The fraction of sp³-hybridized carbons (Fsp3) is 0.292. The summed E-state index contributed by atoms with van der Waals surface area (Å²) in [6.45, 7) is 0.788. The van der Waals surface area contributed by atoms with Gasteiger partial charge in [-0.3, -0.25) is 4.79 Å². The van der Waals surface area contributed by atoms with Crippen LogP contribution in [0.15, 0.2) is 59.4 Å². The summed E-state index contributed by atoms with van der Waals surface area (Å²) in [7, 11) is 1.61. The lowest BCUT2D eigenvalue weighted by Gasteiger charge is -2.31. The minimum atomic E-state index is -0.925. The number of carboxylic acid groups (broad SMARTS) is 1. The third kappa shape index (κ3) is 4.74. The van der Waals surface area contributed by atoms with Crippen molar-refractivity contribution in [1.29, 1.82) is 0 Å². The Morgan fingerprint density at radius 1 is 1.12 bits per heavy atom. The summed E-state index contributed by atoms with van der Waals surface area (Å²) in [4.78, 5) is 25.4. The molecule has 166 valence electrons. The van der Waals surface area contributed by atoms with Gasteiger partial charge in [-0.15, -0.1) is 0 Å². The molecule has 8 nitrogen and oxygen atoms in total. The quantitative estimate of drug-likeness (QED) is 0.614. The van der Waals surface area contributed by atoms with Crippen molar-refractivity contribution in [3.05, 3.63) is 76.1 Å². The van der Waals surface area contributed by atoms with E-state index in [1.54, 1.807) is 7.11 Å². The van der Waals surface area contributed by atoms with Gasteiger partial charge in [0.05, 0.1) is 12.7 Å². The number of nitrogens with zero attached hydrogens (tertiary/aromatic N) is 2. The van der Waals surface area contributed by atoms with Gasteiger partial charge in [0.25, 0.3) is 5.56 Å². The number of aromatic amines is 1. The number of likely N-dealkylation sites (tertiary alicyclic amines) is 1. The SMILES string of the molecule is COc1ccc(Cc2c(OC3CCN(C(=O)O)CC3)c(-c3ccccc3)n[nH]c2=O)cc1. The number of rotatable bonds is 6. The summed E-state index contributed by atoms with van der Waals surface area (Å²) in [6.07, 6.45) is 0.341. The Bertz CT molecular complexity index is 1120. The Kier molecular flexibility index (Phi) is 6.39. The monoisotopic (exact) mass is 435 g/mol. The Morgan fingerprint density at radius 2 is 1.81 bits per heavy atom. The van der Waals surface area contributed by atoms with E-state index in [0.717, 1.165) is 16.9 Å². The van der Waals surface area contributed by atoms with Gasteiger partial charge >= 0.3 is 6.09 Å². The molecular weight excluding hydrogens is 410 g/mol. The molecule has 1 amide bonds. The first-order valence-corrected chi connectivity index (χ1v) is 10.5. The number of H-pyrrole nitrogens is 1. The summed E-state index contributed by atoms with van der Waals surface area (Å²) in [6, 6.07) is 17.1. The van der Waals surface area contributed by atoms with Gasteiger partial charge in [0, 0.05) is 37.9 Å². The molecule has 0 spiro atoms. The van der Waals surface area contributed by atoms with Crippen LogP contribution in [-0.4, -0.2) is 52.6 Å². The molecule has 2 N–H and O–H groups in total. The Hall–Kier alpha value is -3.81. The van der Waals surface area contributed by atoms with Gasteiger partial charge in [-0.25, -0.2) is 9.89 Å². The maximum absolute atomic E-state index is 12.8. The van der Waals surface area contributed by atoms with Gasteiger partial charge in [-0.05, 0) is 17.7 Å². The number of carbonyl (C=O) groups is 1. The summed E-state index contributed by atoms with van der Waals surface area (Å²) in [5.74, 6) is 1.19. The van der Waals surface area contributed by atoms with Gasteiger partial charge in [0.15, 0.2) is 5.75 Å². The van der Waals surface area contributed by atoms with Crippen LogP contribution in [0.1, 0.15) is 24.0 Å². The predicted octanol–water partition coefficient (Wildman–Crippen LogP) is 3.56. The van der Waals surface area contributed by atoms with Crippen LogP contribution < -0.4 is 15.0 Å². The molecule has 0 unspecified atom stereocenters. The molecular formula is C24H25N3O5. The minimum absolute atomic E-state index is 0.203. The summed E-state index contributed by atoms with van der Waals surface area (Å²) in [5.41, 5.74) is 2.52. The third-order valence-electron chi connectivity index (χ3n) is 5.62. The normalized spacial score (nSPS) is 14.2. The summed E-state index contributed by atoms with van der Waals surface area (Å²) in [5, 5.41) is 16.1. The molecule has 2 heterocycles. The standard InChI is InChI=1S/C24H25N3O5/c1-31-18-9-7-16(8-10-18)15-20-22(32-19-11-13-27(14-12-19)24(29)30)21(25-26-23(20)28)17-5-3-2-4-6-17/h2-10,19H,11-15H2,1H3,(H,26,28)(H,29,30). The molecule has 0 atom stereocenters. The molecule has 8 heteroatoms. The molecule has 0 bridgehead atoms. The lowest BCUT2D eigenvalue weighted by Crippen LogP contribution is -2.41. The van der Waals surface area contributed by atoms with Crippen LogP contribution in [0.2, 0.25) is 0 Å². The van der Waals surface area contributed by atoms with Crippen molar-refractivity contribution in [1.82, 2.24) is 15.1 Å². The molecule has 32 heavy (non-hydrogen) atoms. The van der Waals surface area contributed by atoms with Crippen molar-refractivity contribution in [3.63, 3.8) is 0 Å². The average molecular weight is 435 g/mol. The maximum Gasteiger partial charge on any atom is 0.407 e. The first-order valence-electron chi connectivity index (χ1n) is 10.5. The van der Waals surface area contributed by atoms with Gasteiger partial charge in [-0.2, -0.15) is 5.10 Å². The highest BCUT2D eigenvalue weighted by molar-refractivity contribution is 5.68. The first kappa shape index (κ1) is 21.4. The van der Waals surface area contributed by atoms with Crippen LogP contribution in [0.4, 0.5) is 4.79 Å². The van der Waals surface area contributed by atoms with E-state index < -0.39 is 6.09 Å². The smallest absolute Gasteiger partial charge is 0.407 e. The predicted molar refractivity (Wildman–Crippen MR) is 119 cm³/mol. The highest BCUT2D eigenvalue weighted by Crippen LogP contribution is 2.32. The molecule has 0 saturated carbocycles. The first-order chi connectivity index (χ1) is 15.5. The van der Waals surface area contributed by atoms with E-state index in [1.807, 2.05) is 54.6 Å². The second kappa shape index (κ2) is 9.55. The topological polar surface area (TPSA) is 105 Å². The van der Waals surface area contributed by atoms with Crippen molar-refractivity contribution in [2.24, 2.45) is 0 Å². The Balaban J connectivity index is 1.69. The van der Waals surface area contributed by atoms with E-state index in [0.29, 0.717) is 49.4 Å². The molecule has 1 aliphatic rings. The highest BCUT2D eigenvalue weighted by atomic mass is 16.5. The van der Waals surface area contributed by atoms with Crippen LogP contribution in [-0.2, 0) is 6.42 Å². The largest absolute Gasteiger partial charge is 0.497 e. The van der Waals surface area contributed by atoms with Crippen LogP contribution in [0.5, 0.6) is 11.5 Å². The van der Waals surface area contributed by atoms with E-state index in [1.165, 1.54) is 4.90 Å². The number of amides is 1. The summed E-state index contributed by atoms with van der Waals surface area (Å²) < 4.78 is 11.6. The van der Waals surface area contributed by atoms with Crippen LogP contribution >= 0.6 is 0 Å². The van der Waals surface area contributed by atoms with E-state index in [4.69, 9.17) is 9.47 Å².